The molecule has 1 N–H and O–H groups in total. The second kappa shape index (κ2) is 7.56. The van der Waals surface area contributed by atoms with E-state index in [2.05, 4.69) is 38.3 Å². The van der Waals surface area contributed by atoms with Crippen LogP contribution < -0.4 is 10.1 Å². The predicted molar refractivity (Wildman–Crippen MR) is 84.2 cm³/mol. The third-order valence-corrected chi connectivity index (χ3v) is 3.72. The van der Waals surface area contributed by atoms with Gasteiger partial charge in [0.05, 0.1) is 0 Å². The summed E-state index contributed by atoms with van der Waals surface area (Å²) in [5.41, 5.74) is 1.16. The van der Waals surface area contributed by atoms with E-state index in [1.165, 1.54) is 0 Å². The Balaban J connectivity index is 1.98. The number of nitrogens with one attached hydrogen (secondary N) is 1. The number of ether oxygens (including phenoxy) is 1. The van der Waals surface area contributed by atoms with Crippen molar-refractivity contribution in [2.45, 2.75) is 39.8 Å². The Kier molecular flexibility index (Phi) is 5.76. The molecule has 0 aliphatic rings. The van der Waals surface area contributed by atoms with Gasteiger partial charge in [0.25, 0.3) is 5.89 Å². The summed E-state index contributed by atoms with van der Waals surface area (Å²) in [6.07, 6.45) is 0. The van der Waals surface area contributed by atoms with Crippen molar-refractivity contribution in [1.29, 1.82) is 0 Å². The Labute approximate surface area is 133 Å². The van der Waals surface area contributed by atoms with Gasteiger partial charge in [-0.3, -0.25) is 0 Å². The molecule has 1 heterocycles. The molecule has 0 aliphatic heterocycles. The Morgan fingerprint density at radius 2 is 2.19 bits per heavy atom. The van der Waals surface area contributed by atoms with Crippen LogP contribution in [0.3, 0.4) is 0 Å². The first-order valence-electron chi connectivity index (χ1n) is 7.04. The summed E-state index contributed by atoms with van der Waals surface area (Å²) in [6, 6.07) is 5.90. The number of nitrogens with zero attached hydrogens (tertiary/aromatic N) is 2. The molecule has 0 bridgehead atoms. The van der Waals surface area contributed by atoms with E-state index in [1.54, 1.807) is 0 Å². The van der Waals surface area contributed by atoms with Gasteiger partial charge in [-0.05, 0) is 30.3 Å². The summed E-state index contributed by atoms with van der Waals surface area (Å²) >= 11 is 3.54. The molecule has 1 aromatic carbocycles. The van der Waals surface area contributed by atoms with Crippen molar-refractivity contribution in [3.8, 4) is 5.75 Å². The number of rotatable bonds is 7. The molecule has 114 valence electrons. The fourth-order valence-electron chi connectivity index (χ4n) is 1.74. The molecule has 21 heavy (non-hydrogen) atoms. The largest absolute Gasteiger partial charge is 0.484 e. The van der Waals surface area contributed by atoms with Crippen LogP contribution in [-0.2, 0) is 13.2 Å². The fraction of sp³-hybridized carbons (Fsp3) is 0.467. The lowest BCUT2D eigenvalue weighted by molar-refractivity contribution is 0.242. The summed E-state index contributed by atoms with van der Waals surface area (Å²) in [4.78, 5) is 4.29. The molecule has 2 aromatic rings. The molecule has 0 saturated carbocycles. The van der Waals surface area contributed by atoms with Gasteiger partial charge in [-0.25, -0.2) is 0 Å². The van der Waals surface area contributed by atoms with Gasteiger partial charge < -0.3 is 14.6 Å². The molecule has 0 spiro atoms. The predicted octanol–water partition coefficient (Wildman–Crippen LogP) is 3.64. The SMILES string of the molecule is CCNCc1cc(OCc2nc(C(C)C)no2)ccc1Br. The van der Waals surface area contributed by atoms with Crippen molar-refractivity contribution in [2.24, 2.45) is 0 Å². The topological polar surface area (TPSA) is 60.2 Å². The zero-order chi connectivity index (χ0) is 15.2. The minimum Gasteiger partial charge on any atom is -0.484 e. The number of hydrogen-bond acceptors (Lipinski definition) is 5. The summed E-state index contributed by atoms with van der Waals surface area (Å²) < 4.78 is 11.9. The van der Waals surface area contributed by atoms with E-state index < -0.39 is 0 Å². The second-order valence-electron chi connectivity index (χ2n) is 5.02. The molecule has 2 rings (SSSR count). The van der Waals surface area contributed by atoms with Crippen molar-refractivity contribution in [2.75, 3.05) is 6.54 Å². The van der Waals surface area contributed by atoms with E-state index in [0.717, 1.165) is 28.9 Å². The third-order valence-electron chi connectivity index (χ3n) is 2.95. The molecule has 1 aromatic heterocycles. The zero-order valence-corrected chi connectivity index (χ0v) is 14.1. The van der Waals surface area contributed by atoms with Crippen molar-refractivity contribution < 1.29 is 9.26 Å². The average molecular weight is 354 g/mol. The molecule has 0 radical (unpaired) electrons. The van der Waals surface area contributed by atoms with Gasteiger partial charge in [0.2, 0.25) is 0 Å². The Morgan fingerprint density at radius 1 is 1.38 bits per heavy atom. The Morgan fingerprint density at radius 3 is 2.86 bits per heavy atom. The van der Waals surface area contributed by atoms with Gasteiger partial charge in [0.1, 0.15) is 5.75 Å². The Hall–Kier alpha value is -1.40. The lowest BCUT2D eigenvalue weighted by atomic mass is 10.2. The van der Waals surface area contributed by atoms with E-state index in [4.69, 9.17) is 9.26 Å². The molecular weight excluding hydrogens is 334 g/mol. The van der Waals surface area contributed by atoms with Gasteiger partial charge in [-0.15, -0.1) is 0 Å². The molecule has 0 unspecified atom stereocenters. The van der Waals surface area contributed by atoms with Crippen LogP contribution in [0.4, 0.5) is 0 Å². The highest BCUT2D eigenvalue weighted by atomic mass is 79.9. The maximum atomic E-state index is 5.72. The number of hydrogen-bond donors (Lipinski definition) is 1. The molecule has 0 fully saturated rings. The molecular formula is C15H20BrN3O2. The minimum absolute atomic E-state index is 0.252. The Bertz CT molecular complexity index is 584. The number of aromatic nitrogens is 2. The highest BCUT2D eigenvalue weighted by Crippen LogP contribution is 2.23. The van der Waals surface area contributed by atoms with Gasteiger partial charge in [-0.1, -0.05) is 41.9 Å². The first-order chi connectivity index (χ1) is 10.1. The lowest BCUT2D eigenvalue weighted by Gasteiger charge is -2.09. The highest BCUT2D eigenvalue weighted by Gasteiger charge is 2.10. The zero-order valence-electron chi connectivity index (χ0n) is 12.5. The fourth-order valence-corrected chi connectivity index (χ4v) is 2.13. The van der Waals surface area contributed by atoms with Gasteiger partial charge >= 0.3 is 0 Å². The molecule has 0 saturated heterocycles. The third kappa shape index (κ3) is 4.54. The number of benzene rings is 1. The summed E-state index contributed by atoms with van der Waals surface area (Å²) in [5.74, 6) is 2.24. The highest BCUT2D eigenvalue weighted by molar-refractivity contribution is 9.10. The smallest absolute Gasteiger partial charge is 0.264 e. The summed E-state index contributed by atoms with van der Waals surface area (Å²) in [6.45, 7) is 8.14. The molecule has 0 atom stereocenters. The van der Waals surface area contributed by atoms with Crippen LogP contribution in [0.1, 0.15) is 44.0 Å². The van der Waals surface area contributed by atoms with Crippen LogP contribution in [0, 0.1) is 0 Å². The van der Waals surface area contributed by atoms with Crippen molar-refractivity contribution in [3.63, 3.8) is 0 Å². The second-order valence-corrected chi connectivity index (χ2v) is 5.88. The summed E-state index contributed by atoms with van der Waals surface area (Å²) in [7, 11) is 0. The monoisotopic (exact) mass is 353 g/mol. The van der Waals surface area contributed by atoms with Gasteiger partial charge in [0.15, 0.2) is 12.4 Å². The quantitative estimate of drug-likeness (QED) is 0.823. The van der Waals surface area contributed by atoms with Crippen molar-refractivity contribution in [1.82, 2.24) is 15.5 Å². The minimum atomic E-state index is 0.252. The van der Waals surface area contributed by atoms with Crippen molar-refractivity contribution in [3.05, 3.63) is 40.0 Å². The van der Waals surface area contributed by atoms with Crippen LogP contribution >= 0.6 is 15.9 Å². The molecule has 5 nitrogen and oxygen atoms in total. The number of halogens is 1. The van der Waals surface area contributed by atoms with E-state index in [9.17, 15) is 0 Å². The van der Waals surface area contributed by atoms with Gasteiger partial charge in [-0.2, -0.15) is 4.98 Å². The van der Waals surface area contributed by atoms with Gasteiger partial charge in [0, 0.05) is 16.9 Å². The van der Waals surface area contributed by atoms with Crippen LogP contribution in [0.15, 0.2) is 27.2 Å². The lowest BCUT2D eigenvalue weighted by Crippen LogP contribution is -2.12. The maximum absolute atomic E-state index is 5.72. The van der Waals surface area contributed by atoms with E-state index in [-0.39, 0.29) is 12.5 Å². The maximum Gasteiger partial charge on any atom is 0.264 e. The first-order valence-corrected chi connectivity index (χ1v) is 7.84. The standard InChI is InChI=1S/C15H20BrN3O2/c1-4-17-8-11-7-12(5-6-13(11)16)20-9-14-18-15(10(2)3)19-21-14/h5-7,10,17H,4,8-9H2,1-3H3. The van der Waals surface area contributed by atoms with Crippen LogP contribution in [0.25, 0.3) is 0 Å². The van der Waals surface area contributed by atoms with E-state index in [1.807, 2.05) is 32.0 Å². The van der Waals surface area contributed by atoms with Crippen LogP contribution in [0.2, 0.25) is 0 Å². The molecule has 0 amide bonds. The van der Waals surface area contributed by atoms with E-state index in [0.29, 0.717) is 11.7 Å². The van der Waals surface area contributed by atoms with Crippen LogP contribution in [-0.4, -0.2) is 16.7 Å². The molecule has 0 aliphatic carbocycles. The van der Waals surface area contributed by atoms with Crippen LogP contribution in [0.5, 0.6) is 5.75 Å². The average Bonchev–Trinajstić information content (AvgIpc) is 2.94. The summed E-state index contributed by atoms with van der Waals surface area (Å²) in [5, 5.41) is 7.21. The first kappa shape index (κ1) is 16.0. The normalized spacial score (nSPS) is 11.1. The van der Waals surface area contributed by atoms with Crippen molar-refractivity contribution >= 4 is 15.9 Å². The van der Waals surface area contributed by atoms with E-state index >= 15 is 0 Å². The molecule has 6 heteroatoms.